The number of nitrogens with two attached hydrogens (primary N) is 2. The van der Waals surface area contributed by atoms with E-state index in [9.17, 15) is 5.11 Å². The minimum atomic E-state index is -0.239. The Morgan fingerprint density at radius 1 is 1.25 bits per heavy atom. The molecule has 3 rings (SSSR count). The average Bonchev–Trinajstić information content (AvgIpc) is 2.54. The number of aliphatic hydroxyl groups is 1. The quantitative estimate of drug-likeness (QED) is 0.783. The maximum Gasteiger partial charge on any atom is 0.223 e. The first kappa shape index (κ1) is 16.8. The van der Waals surface area contributed by atoms with E-state index in [0.717, 1.165) is 31.4 Å². The molecule has 1 aromatic heterocycles. The number of hydrogen-bond acceptors (Lipinski definition) is 6. The zero-order valence-corrected chi connectivity index (χ0v) is 14.2. The Morgan fingerprint density at radius 3 is 2.79 bits per heavy atom. The summed E-state index contributed by atoms with van der Waals surface area (Å²) in [7, 11) is 0. The third-order valence-corrected chi connectivity index (χ3v) is 4.77. The number of aromatic nitrogens is 2. The SMILES string of the molecule is Nc1cc(N2CCC[C@@](CO)(Cc3cccc(Cl)c3)C2)nc(N)n1. The number of nitrogen functional groups attached to an aromatic ring is 2. The Kier molecular flexibility index (Phi) is 4.78. The number of halogens is 1. The van der Waals surface area contributed by atoms with Crippen molar-refractivity contribution in [1.29, 1.82) is 0 Å². The van der Waals surface area contributed by atoms with Crippen LogP contribution in [0.4, 0.5) is 17.6 Å². The number of piperidine rings is 1. The van der Waals surface area contributed by atoms with Crippen molar-refractivity contribution < 1.29 is 5.11 Å². The molecular weight excluding hydrogens is 326 g/mol. The smallest absolute Gasteiger partial charge is 0.223 e. The van der Waals surface area contributed by atoms with Crippen molar-refractivity contribution in [3.05, 3.63) is 40.9 Å². The van der Waals surface area contributed by atoms with Crippen LogP contribution in [0.15, 0.2) is 30.3 Å². The van der Waals surface area contributed by atoms with Crippen molar-refractivity contribution in [2.45, 2.75) is 19.3 Å². The molecule has 6 nitrogen and oxygen atoms in total. The first-order valence-corrected chi connectivity index (χ1v) is 8.38. The van der Waals surface area contributed by atoms with Crippen molar-refractivity contribution in [2.75, 3.05) is 36.1 Å². The largest absolute Gasteiger partial charge is 0.396 e. The predicted molar refractivity (Wildman–Crippen MR) is 97.0 cm³/mol. The van der Waals surface area contributed by atoms with Crippen molar-refractivity contribution in [3.8, 4) is 0 Å². The standard InChI is InChI=1S/C17H22ClN5O/c18-13-4-1-3-12(7-13)9-17(11-24)5-2-6-23(10-17)15-8-14(19)21-16(20)22-15/h1,3-4,7-8,24H,2,5-6,9-11H2,(H4,19,20,21,22)/t17-/m1/s1. The van der Waals surface area contributed by atoms with Crippen LogP contribution in [0.2, 0.25) is 5.02 Å². The van der Waals surface area contributed by atoms with Crippen molar-refractivity contribution in [1.82, 2.24) is 9.97 Å². The summed E-state index contributed by atoms with van der Waals surface area (Å²) in [4.78, 5) is 10.3. The van der Waals surface area contributed by atoms with E-state index in [-0.39, 0.29) is 18.0 Å². The van der Waals surface area contributed by atoms with E-state index in [2.05, 4.69) is 14.9 Å². The van der Waals surface area contributed by atoms with Crippen LogP contribution in [-0.4, -0.2) is 34.8 Å². The van der Waals surface area contributed by atoms with Gasteiger partial charge >= 0.3 is 0 Å². The summed E-state index contributed by atoms with van der Waals surface area (Å²) in [5.74, 6) is 1.23. The average molecular weight is 348 g/mol. The molecule has 1 atom stereocenters. The Balaban J connectivity index is 1.83. The molecule has 1 aromatic carbocycles. The molecule has 2 heterocycles. The van der Waals surface area contributed by atoms with Gasteiger partial charge in [-0.2, -0.15) is 9.97 Å². The van der Waals surface area contributed by atoms with E-state index in [4.69, 9.17) is 23.1 Å². The molecule has 0 aliphatic carbocycles. The lowest BCUT2D eigenvalue weighted by Crippen LogP contribution is -2.47. The highest BCUT2D eigenvalue weighted by molar-refractivity contribution is 6.30. The van der Waals surface area contributed by atoms with Gasteiger partial charge in [-0.3, -0.25) is 0 Å². The van der Waals surface area contributed by atoms with E-state index in [0.29, 0.717) is 23.2 Å². The molecule has 1 fully saturated rings. The lowest BCUT2D eigenvalue weighted by molar-refractivity contribution is 0.105. The molecule has 7 heteroatoms. The van der Waals surface area contributed by atoms with E-state index in [1.807, 2.05) is 24.3 Å². The Bertz CT molecular complexity index is 706. The zero-order valence-electron chi connectivity index (χ0n) is 13.5. The maximum absolute atomic E-state index is 10.1. The van der Waals surface area contributed by atoms with Crippen LogP contribution in [0, 0.1) is 5.41 Å². The maximum atomic E-state index is 10.1. The lowest BCUT2D eigenvalue weighted by Gasteiger charge is -2.42. The highest BCUT2D eigenvalue weighted by Crippen LogP contribution is 2.35. The van der Waals surface area contributed by atoms with Crippen molar-refractivity contribution >= 4 is 29.2 Å². The molecule has 128 valence electrons. The molecule has 1 saturated heterocycles. The van der Waals surface area contributed by atoms with E-state index in [1.165, 1.54) is 0 Å². The number of aliphatic hydroxyl groups excluding tert-OH is 1. The van der Waals surface area contributed by atoms with Crippen LogP contribution in [0.5, 0.6) is 0 Å². The molecule has 0 amide bonds. The van der Waals surface area contributed by atoms with Crippen LogP contribution < -0.4 is 16.4 Å². The van der Waals surface area contributed by atoms with Crippen molar-refractivity contribution in [3.63, 3.8) is 0 Å². The van der Waals surface area contributed by atoms with Gasteiger partial charge in [-0.15, -0.1) is 0 Å². The fourth-order valence-electron chi connectivity index (χ4n) is 3.45. The number of benzene rings is 1. The lowest BCUT2D eigenvalue weighted by atomic mass is 9.75. The summed E-state index contributed by atoms with van der Waals surface area (Å²) in [6.07, 6.45) is 2.67. The molecule has 5 N–H and O–H groups in total. The second-order valence-corrected chi connectivity index (χ2v) is 6.94. The first-order valence-electron chi connectivity index (χ1n) is 8.00. The summed E-state index contributed by atoms with van der Waals surface area (Å²) in [6, 6.07) is 9.52. The molecule has 2 aromatic rings. The van der Waals surface area contributed by atoms with E-state index in [1.54, 1.807) is 6.07 Å². The van der Waals surface area contributed by atoms with Gasteiger partial charge in [0.05, 0.1) is 6.61 Å². The van der Waals surface area contributed by atoms with Gasteiger partial charge in [0.1, 0.15) is 11.6 Å². The number of hydrogen-bond donors (Lipinski definition) is 3. The number of anilines is 3. The first-order chi connectivity index (χ1) is 11.5. The Morgan fingerprint density at radius 2 is 2.08 bits per heavy atom. The molecule has 1 aliphatic heterocycles. The van der Waals surface area contributed by atoms with Gasteiger partial charge in [-0.1, -0.05) is 23.7 Å². The van der Waals surface area contributed by atoms with Crippen LogP contribution >= 0.6 is 11.6 Å². The van der Waals surface area contributed by atoms with Gasteiger partial charge in [-0.05, 0) is 37.0 Å². The molecule has 1 aliphatic rings. The van der Waals surface area contributed by atoms with Crippen LogP contribution in [0.25, 0.3) is 0 Å². The Labute approximate surface area is 146 Å². The molecule has 0 radical (unpaired) electrons. The topological polar surface area (TPSA) is 101 Å². The normalized spacial score (nSPS) is 21.0. The van der Waals surface area contributed by atoms with Gasteiger partial charge in [0, 0.05) is 29.6 Å². The fourth-order valence-corrected chi connectivity index (χ4v) is 3.66. The molecular formula is C17H22ClN5O. The highest BCUT2D eigenvalue weighted by Gasteiger charge is 2.36. The van der Waals surface area contributed by atoms with E-state index < -0.39 is 0 Å². The molecule has 0 unspecified atom stereocenters. The fraction of sp³-hybridized carbons (Fsp3) is 0.412. The summed E-state index contributed by atoms with van der Waals surface area (Å²) < 4.78 is 0. The van der Waals surface area contributed by atoms with Crippen LogP contribution in [0.1, 0.15) is 18.4 Å². The van der Waals surface area contributed by atoms with Gasteiger partial charge in [0.2, 0.25) is 5.95 Å². The van der Waals surface area contributed by atoms with Gasteiger partial charge < -0.3 is 21.5 Å². The summed E-state index contributed by atoms with van der Waals surface area (Å²) in [6.45, 7) is 1.64. The zero-order chi connectivity index (χ0) is 17.2. The monoisotopic (exact) mass is 347 g/mol. The third-order valence-electron chi connectivity index (χ3n) is 4.54. The van der Waals surface area contributed by atoms with Crippen LogP contribution in [-0.2, 0) is 6.42 Å². The minimum absolute atomic E-state index is 0.103. The molecule has 0 saturated carbocycles. The van der Waals surface area contributed by atoms with Gasteiger partial charge in [0.25, 0.3) is 0 Å². The molecule has 0 spiro atoms. The second-order valence-electron chi connectivity index (χ2n) is 6.50. The minimum Gasteiger partial charge on any atom is -0.396 e. The Hall–Kier alpha value is -2.05. The second kappa shape index (κ2) is 6.83. The van der Waals surface area contributed by atoms with Gasteiger partial charge in [0.15, 0.2) is 0 Å². The summed E-state index contributed by atoms with van der Waals surface area (Å²) >= 11 is 6.09. The summed E-state index contributed by atoms with van der Waals surface area (Å²) in [5, 5.41) is 10.8. The molecule has 24 heavy (non-hydrogen) atoms. The third kappa shape index (κ3) is 3.71. The van der Waals surface area contributed by atoms with Gasteiger partial charge in [-0.25, -0.2) is 0 Å². The number of nitrogens with zero attached hydrogens (tertiary/aromatic N) is 3. The van der Waals surface area contributed by atoms with E-state index >= 15 is 0 Å². The summed E-state index contributed by atoms with van der Waals surface area (Å²) in [5.41, 5.74) is 12.4. The van der Waals surface area contributed by atoms with Crippen molar-refractivity contribution in [2.24, 2.45) is 5.41 Å². The highest BCUT2D eigenvalue weighted by atomic mass is 35.5. The molecule has 0 bridgehead atoms. The predicted octanol–water partition coefficient (Wildman–Crippen LogP) is 2.12. The van der Waals surface area contributed by atoms with Crippen LogP contribution in [0.3, 0.4) is 0 Å². The number of rotatable bonds is 4.